The van der Waals surface area contributed by atoms with Gasteiger partial charge in [-0.05, 0) is 77.4 Å². The van der Waals surface area contributed by atoms with Gasteiger partial charge in [0, 0.05) is 6.04 Å². The average Bonchev–Trinajstić information content (AvgIpc) is 3.15. The van der Waals surface area contributed by atoms with Crippen LogP contribution < -0.4 is 5.32 Å². The minimum atomic E-state index is -0.335. The Hall–Kier alpha value is -0.590. The van der Waals surface area contributed by atoms with E-state index < -0.39 is 0 Å². The van der Waals surface area contributed by atoms with Crippen LogP contribution in [0.2, 0.25) is 0 Å². The minimum absolute atomic E-state index is 0.335. The van der Waals surface area contributed by atoms with E-state index in [1.54, 1.807) is 0 Å². The van der Waals surface area contributed by atoms with Crippen molar-refractivity contribution in [3.63, 3.8) is 0 Å². The highest BCUT2D eigenvalue weighted by Gasteiger charge is 2.33. The van der Waals surface area contributed by atoms with Gasteiger partial charge in [-0.15, -0.1) is 0 Å². The van der Waals surface area contributed by atoms with Crippen molar-refractivity contribution in [2.75, 3.05) is 19.6 Å². The zero-order chi connectivity index (χ0) is 15.1. The van der Waals surface area contributed by atoms with Gasteiger partial charge in [0.25, 0.3) is 0 Å². The molecule has 0 radical (unpaired) electrons. The molecule has 2 rings (SSSR count). The molecule has 2 aliphatic rings. The Morgan fingerprint density at radius 3 is 2.67 bits per heavy atom. The quantitative estimate of drug-likeness (QED) is 0.741. The van der Waals surface area contributed by atoms with Gasteiger partial charge in [-0.2, -0.15) is 5.26 Å². The van der Waals surface area contributed by atoms with E-state index in [9.17, 15) is 5.26 Å². The lowest BCUT2D eigenvalue weighted by atomic mass is 9.94. The van der Waals surface area contributed by atoms with Crippen LogP contribution in [0.4, 0.5) is 0 Å². The summed E-state index contributed by atoms with van der Waals surface area (Å²) in [4.78, 5) is 2.73. The topological polar surface area (TPSA) is 39.1 Å². The fourth-order valence-electron chi connectivity index (χ4n) is 4.23. The second-order valence-corrected chi connectivity index (χ2v) is 7.26. The molecule has 2 fully saturated rings. The number of nitriles is 1. The molecule has 1 aliphatic heterocycles. The molecule has 1 N–H and O–H groups in total. The summed E-state index contributed by atoms with van der Waals surface area (Å²) in [5.41, 5.74) is -0.335. The predicted molar refractivity (Wildman–Crippen MR) is 88.1 cm³/mol. The van der Waals surface area contributed by atoms with Crippen LogP contribution in [-0.4, -0.2) is 36.1 Å². The van der Waals surface area contributed by atoms with Gasteiger partial charge in [0.2, 0.25) is 0 Å². The standard InChI is InChI=1S/C18H33N3/c1-3-12-20-18(2,15-19)11-7-14-21-13-6-10-17(21)16-8-4-5-9-16/h16-17,20H,3-14H2,1-2H3. The second-order valence-electron chi connectivity index (χ2n) is 7.26. The first kappa shape index (κ1) is 16.8. The molecule has 3 heteroatoms. The summed E-state index contributed by atoms with van der Waals surface area (Å²) >= 11 is 0. The van der Waals surface area contributed by atoms with Crippen molar-refractivity contribution in [2.45, 2.75) is 83.2 Å². The molecular formula is C18H33N3. The number of rotatable bonds is 8. The molecule has 0 aromatic rings. The van der Waals surface area contributed by atoms with Crippen LogP contribution in [0.1, 0.15) is 71.6 Å². The van der Waals surface area contributed by atoms with Crippen LogP contribution >= 0.6 is 0 Å². The summed E-state index contributed by atoms with van der Waals surface area (Å²) in [7, 11) is 0. The highest BCUT2D eigenvalue weighted by atomic mass is 15.2. The number of likely N-dealkylation sites (tertiary alicyclic amines) is 1. The third kappa shape index (κ3) is 4.69. The number of hydrogen-bond acceptors (Lipinski definition) is 3. The molecule has 2 atom stereocenters. The highest BCUT2D eigenvalue weighted by Crippen LogP contribution is 2.35. The highest BCUT2D eigenvalue weighted by molar-refractivity contribution is 5.03. The van der Waals surface area contributed by atoms with Gasteiger partial charge < -0.3 is 4.90 Å². The van der Waals surface area contributed by atoms with Crippen molar-refractivity contribution in [1.82, 2.24) is 10.2 Å². The van der Waals surface area contributed by atoms with E-state index in [2.05, 4.69) is 30.1 Å². The van der Waals surface area contributed by atoms with Crippen LogP contribution in [0.15, 0.2) is 0 Å². The molecule has 1 heterocycles. The Bertz CT molecular complexity index is 343. The Morgan fingerprint density at radius 1 is 1.24 bits per heavy atom. The monoisotopic (exact) mass is 291 g/mol. The predicted octanol–water partition coefficient (Wildman–Crippen LogP) is 3.70. The third-order valence-corrected chi connectivity index (χ3v) is 5.49. The summed E-state index contributed by atoms with van der Waals surface area (Å²) in [5, 5.41) is 12.8. The molecule has 3 nitrogen and oxygen atoms in total. The molecular weight excluding hydrogens is 258 g/mol. The second kappa shape index (κ2) is 8.15. The summed E-state index contributed by atoms with van der Waals surface area (Å²) in [6, 6.07) is 3.33. The van der Waals surface area contributed by atoms with Crippen LogP contribution in [0.3, 0.4) is 0 Å². The molecule has 0 amide bonds. The molecule has 0 aromatic carbocycles. The van der Waals surface area contributed by atoms with Crippen molar-refractivity contribution in [3.8, 4) is 6.07 Å². The molecule has 120 valence electrons. The fourth-order valence-corrected chi connectivity index (χ4v) is 4.23. The maximum Gasteiger partial charge on any atom is 0.103 e. The van der Waals surface area contributed by atoms with E-state index in [4.69, 9.17) is 0 Å². The molecule has 0 spiro atoms. The Labute approximate surface area is 131 Å². The van der Waals surface area contributed by atoms with Gasteiger partial charge in [0.05, 0.1) is 6.07 Å². The molecule has 0 aromatic heterocycles. The van der Waals surface area contributed by atoms with Gasteiger partial charge in [-0.25, -0.2) is 0 Å². The minimum Gasteiger partial charge on any atom is -0.300 e. The smallest absolute Gasteiger partial charge is 0.103 e. The zero-order valence-corrected chi connectivity index (χ0v) is 14.0. The van der Waals surface area contributed by atoms with Gasteiger partial charge >= 0.3 is 0 Å². The maximum absolute atomic E-state index is 9.40. The molecule has 21 heavy (non-hydrogen) atoms. The Balaban J connectivity index is 1.75. The molecule has 1 saturated heterocycles. The fraction of sp³-hybridized carbons (Fsp3) is 0.944. The number of hydrogen-bond donors (Lipinski definition) is 1. The first-order valence-electron chi connectivity index (χ1n) is 9.09. The van der Waals surface area contributed by atoms with Crippen LogP contribution in [0.25, 0.3) is 0 Å². The van der Waals surface area contributed by atoms with Crippen molar-refractivity contribution in [3.05, 3.63) is 0 Å². The average molecular weight is 291 g/mol. The van der Waals surface area contributed by atoms with Crippen LogP contribution in [0, 0.1) is 17.2 Å². The van der Waals surface area contributed by atoms with Gasteiger partial charge in [-0.3, -0.25) is 5.32 Å². The largest absolute Gasteiger partial charge is 0.300 e. The van der Waals surface area contributed by atoms with E-state index in [-0.39, 0.29) is 5.54 Å². The van der Waals surface area contributed by atoms with Crippen molar-refractivity contribution < 1.29 is 0 Å². The van der Waals surface area contributed by atoms with Gasteiger partial charge in [0.15, 0.2) is 0 Å². The zero-order valence-electron chi connectivity index (χ0n) is 14.0. The van der Waals surface area contributed by atoms with E-state index in [1.165, 1.54) is 51.6 Å². The summed E-state index contributed by atoms with van der Waals surface area (Å²) < 4.78 is 0. The summed E-state index contributed by atoms with van der Waals surface area (Å²) in [6.07, 6.45) is 11.8. The molecule has 1 aliphatic carbocycles. The summed E-state index contributed by atoms with van der Waals surface area (Å²) in [6.45, 7) is 7.62. The molecule has 0 bridgehead atoms. The van der Waals surface area contributed by atoms with Crippen molar-refractivity contribution in [2.24, 2.45) is 5.92 Å². The van der Waals surface area contributed by atoms with E-state index in [0.717, 1.165) is 37.8 Å². The number of nitrogens with zero attached hydrogens (tertiary/aromatic N) is 2. The molecule has 2 unspecified atom stereocenters. The van der Waals surface area contributed by atoms with Gasteiger partial charge in [0.1, 0.15) is 5.54 Å². The molecule has 1 saturated carbocycles. The van der Waals surface area contributed by atoms with Gasteiger partial charge in [-0.1, -0.05) is 19.8 Å². The summed E-state index contributed by atoms with van der Waals surface area (Å²) in [5.74, 6) is 0.966. The maximum atomic E-state index is 9.40. The normalized spacial score (nSPS) is 26.8. The lowest BCUT2D eigenvalue weighted by Crippen LogP contribution is -2.42. The van der Waals surface area contributed by atoms with E-state index >= 15 is 0 Å². The van der Waals surface area contributed by atoms with Crippen LogP contribution in [-0.2, 0) is 0 Å². The first-order chi connectivity index (χ1) is 10.2. The lowest BCUT2D eigenvalue weighted by Gasteiger charge is -2.30. The van der Waals surface area contributed by atoms with E-state index in [1.807, 2.05) is 0 Å². The number of nitrogens with one attached hydrogen (secondary N) is 1. The third-order valence-electron chi connectivity index (χ3n) is 5.49. The lowest BCUT2D eigenvalue weighted by molar-refractivity contribution is 0.183. The van der Waals surface area contributed by atoms with Crippen molar-refractivity contribution >= 4 is 0 Å². The van der Waals surface area contributed by atoms with Crippen LogP contribution in [0.5, 0.6) is 0 Å². The first-order valence-corrected chi connectivity index (χ1v) is 9.09. The Morgan fingerprint density at radius 2 is 2.00 bits per heavy atom. The SMILES string of the molecule is CCCNC(C)(C#N)CCCN1CCCC1C1CCCC1. The Kier molecular flexibility index (Phi) is 6.51. The van der Waals surface area contributed by atoms with Crippen molar-refractivity contribution in [1.29, 1.82) is 5.26 Å². The van der Waals surface area contributed by atoms with E-state index in [0.29, 0.717) is 0 Å².